The van der Waals surface area contributed by atoms with Crippen LogP contribution in [0.2, 0.25) is 0 Å². The number of nitrogens with zero attached hydrogens (tertiary/aromatic N) is 2. The Labute approximate surface area is 172 Å². The molecule has 8 heteroatoms. The maximum atomic E-state index is 13.1. The molecule has 7 nitrogen and oxygen atoms in total. The van der Waals surface area contributed by atoms with Gasteiger partial charge in [0.2, 0.25) is 0 Å². The zero-order valence-corrected chi connectivity index (χ0v) is 17.5. The zero-order valence-electron chi connectivity index (χ0n) is 16.7. The Hall–Kier alpha value is -2.87. The van der Waals surface area contributed by atoms with Crippen LogP contribution in [0.1, 0.15) is 36.9 Å². The minimum atomic E-state index is -0.509. The number of thioether (sulfide) groups is 1. The highest BCUT2D eigenvalue weighted by molar-refractivity contribution is 7.99. The van der Waals surface area contributed by atoms with E-state index in [9.17, 15) is 14.4 Å². The van der Waals surface area contributed by atoms with Crippen molar-refractivity contribution in [2.24, 2.45) is 5.41 Å². The first-order valence-corrected chi connectivity index (χ1v) is 10.0. The summed E-state index contributed by atoms with van der Waals surface area (Å²) < 4.78 is 11.6. The molecule has 0 saturated carbocycles. The molecule has 0 atom stereocenters. The first-order valence-electron chi connectivity index (χ1n) is 9.02. The smallest absolute Gasteiger partial charge is 0.337 e. The number of ether oxygens (including phenoxy) is 1. The van der Waals surface area contributed by atoms with Gasteiger partial charge in [-0.3, -0.25) is 14.2 Å². The van der Waals surface area contributed by atoms with Gasteiger partial charge in [0.25, 0.3) is 5.56 Å². The number of Topliss-reactive ketones (excluding diaryl/α,β-unsaturated/α-hetero) is 1. The Kier molecular flexibility index (Phi) is 5.93. The minimum Gasteiger partial charge on any atom is -0.467 e. The molecule has 2 heterocycles. The molecule has 2 aromatic heterocycles. The fourth-order valence-corrected chi connectivity index (χ4v) is 3.76. The van der Waals surface area contributed by atoms with Gasteiger partial charge in [-0.1, -0.05) is 32.5 Å². The van der Waals surface area contributed by atoms with Crippen molar-refractivity contribution in [2.45, 2.75) is 32.5 Å². The maximum Gasteiger partial charge on any atom is 0.337 e. The van der Waals surface area contributed by atoms with E-state index in [0.29, 0.717) is 27.4 Å². The monoisotopic (exact) mass is 414 g/mol. The van der Waals surface area contributed by atoms with Gasteiger partial charge in [-0.15, -0.1) is 0 Å². The lowest BCUT2D eigenvalue weighted by molar-refractivity contribution is -0.123. The van der Waals surface area contributed by atoms with E-state index in [1.807, 2.05) is 20.8 Å². The van der Waals surface area contributed by atoms with Crippen LogP contribution < -0.4 is 5.56 Å². The first kappa shape index (κ1) is 20.9. The van der Waals surface area contributed by atoms with Crippen LogP contribution in [0.15, 0.2) is 51.0 Å². The Bertz CT molecular complexity index is 1110. The molecule has 152 valence electrons. The number of carbonyl (C=O) groups is 2. The van der Waals surface area contributed by atoms with Crippen molar-refractivity contribution >= 4 is 34.4 Å². The second-order valence-corrected chi connectivity index (χ2v) is 8.49. The van der Waals surface area contributed by atoms with Gasteiger partial charge in [0, 0.05) is 5.41 Å². The number of furan rings is 1. The fourth-order valence-electron chi connectivity index (χ4n) is 2.60. The largest absolute Gasteiger partial charge is 0.467 e. The number of esters is 1. The third-order valence-electron chi connectivity index (χ3n) is 4.40. The summed E-state index contributed by atoms with van der Waals surface area (Å²) >= 11 is 1.20. The lowest BCUT2D eigenvalue weighted by Crippen LogP contribution is -2.26. The number of rotatable bonds is 6. The molecule has 0 N–H and O–H groups in total. The quantitative estimate of drug-likeness (QED) is 0.346. The lowest BCUT2D eigenvalue weighted by atomic mass is 9.92. The van der Waals surface area contributed by atoms with Crippen molar-refractivity contribution in [3.8, 4) is 0 Å². The van der Waals surface area contributed by atoms with Crippen molar-refractivity contribution in [3.05, 3.63) is 58.3 Å². The van der Waals surface area contributed by atoms with Crippen LogP contribution >= 0.6 is 11.8 Å². The van der Waals surface area contributed by atoms with Gasteiger partial charge in [-0.2, -0.15) is 0 Å². The highest BCUT2D eigenvalue weighted by Gasteiger charge is 2.23. The second-order valence-electron chi connectivity index (χ2n) is 7.55. The molecule has 0 spiro atoms. The van der Waals surface area contributed by atoms with Crippen molar-refractivity contribution in [1.82, 2.24) is 9.55 Å². The molecule has 0 aliphatic carbocycles. The Balaban J connectivity index is 2.09. The van der Waals surface area contributed by atoms with Gasteiger partial charge >= 0.3 is 5.97 Å². The zero-order chi connectivity index (χ0) is 21.2. The van der Waals surface area contributed by atoms with Gasteiger partial charge < -0.3 is 9.15 Å². The van der Waals surface area contributed by atoms with Crippen LogP contribution in [0, 0.1) is 5.41 Å². The van der Waals surface area contributed by atoms with Crippen molar-refractivity contribution in [1.29, 1.82) is 0 Å². The highest BCUT2D eigenvalue weighted by Crippen LogP contribution is 2.24. The average Bonchev–Trinajstić information content (AvgIpc) is 3.20. The van der Waals surface area contributed by atoms with E-state index in [0.717, 1.165) is 0 Å². The number of carbonyl (C=O) groups excluding carboxylic acids is 2. The Morgan fingerprint density at radius 1 is 1.24 bits per heavy atom. The van der Waals surface area contributed by atoms with Crippen LogP contribution in [0.3, 0.4) is 0 Å². The van der Waals surface area contributed by atoms with Crippen LogP contribution in [0.5, 0.6) is 0 Å². The first-order chi connectivity index (χ1) is 13.7. The van der Waals surface area contributed by atoms with Crippen LogP contribution in [-0.4, -0.2) is 34.2 Å². The summed E-state index contributed by atoms with van der Waals surface area (Å²) in [6.07, 6.45) is 1.54. The lowest BCUT2D eigenvalue weighted by Gasteiger charge is -2.17. The van der Waals surface area contributed by atoms with Crippen molar-refractivity contribution in [3.63, 3.8) is 0 Å². The van der Waals surface area contributed by atoms with E-state index in [1.54, 1.807) is 18.2 Å². The summed E-state index contributed by atoms with van der Waals surface area (Å²) in [5, 5.41) is 0.759. The fraction of sp³-hybridized carbons (Fsp3) is 0.333. The van der Waals surface area contributed by atoms with Gasteiger partial charge in [-0.05, 0) is 30.3 Å². The van der Waals surface area contributed by atoms with Gasteiger partial charge in [0.15, 0.2) is 5.16 Å². The molecule has 0 aliphatic heterocycles. The Morgan fingerprint density at radius 2 is 2.00 bits per heavy atom. The number of aromatic nitrogens is 2. The predicted molar refractivity (Wildman–Crippen MR) is 110 cm³/mol. The normalized spacial score (nSPS) is 11.6. The third kappa shape index (κ3) is 4.59. The van der Waals surface area contributed by atoms with Crippen molar-refractivity contribution in [2.75, 3.05) is 12.9 Å². The van der Waals surface area contributed by atoms with E-state index in [-0.39, 0.29) is 23.6 Å². The summed E-state index contributed by atoms with van der Waals surface area (Å²) in [6, 6.07) is 8.13. The average molecular weight is 414 g/mol. The van der Waals surface area contributed by atoms with E-state index in [2.05, 4.69) is 4.98 Å². The number of methoxy groups -OCH3 is 1. The van der Waals surface area contributed by atoms with Gasteiger partial charge in [-0.25, -0.2) is 9.78 Å². The minimum absolute atomic E-state index is 0.0460. The molecule has 0 fully saturated rings. The number of hydrogen-bond donors (Lipinski definition) is 0. The van der Waals surface area contributed by atoms with Gasteiger partial charge in [0.1, 0.15) is 11.5 Å². The summed E-state index contributed by atoms with van der Waals surface area (Å²) in [7, 11) is 1.29. The van der Waals surface area contributed by atoms with E-state index < -0.39 is 11.4 Å². The maximum absolute atomic E-state index is 13.1. The van der Waals surface area contributed by atoms with Crippen LogP contribution in [0.25, 0.3) is 10.9 Å². The molecule has 3 aromatic rings. The molecule has 0 bridgehead atoms. The molecule has 1 aromatic carbocycles. The standard InChI is InChI=1S/C21H22N2O5S/c1-21(2,3)17(24)12-29-20-22-16-10-13(19(26)27-4)7-8-15(16)18(25)23(20)11-14-6-5-9-28-14/h5-10H,11-12H2,1-4H3. The Morgan fingerprint density at radius 3 is 2.62 bits per heavy atom. The van der Waals surface area contributed by atoms with E-state index >= 15 is 0 Å². The number of benzene rings is 1. The summed E-state index contributed by atoms with van der Waals surface area (Å²) in [5.74, 6) is 0.315. The number of hydrogen-bond acceptors (Lipinski definition) is 7. The summed E-state index contributed by atoms with van der Waals surface area (Å²) in [4.78, 5) is 41.9. The molecule has 0 unspecified atom stereocenters. The van der Waals surface area contributed by atoms with Crippen molar-refractivity contribution < 1.29 is 18.7 Å². The highest BCUT2D eigenvalue weighted by atomic mass is 32.2. The molecule has 3 rings (SSSR count). The molecule has 0 saturated heterocycles. The molecule has 29 heavy (non-hydrogen) atoms. The molecule has 0 aliphatic rings. The molecular weight excluding hydrogens is 392 g/mol. The van der Waals surface area contributed by atoms with E-state index in [4.69, 9.17) is 9.15 Å². The number of fused-ring (bicyclic) bond motifs is 1. The number of ketones is 1. The molecule has 0 amide bonds. The topological polar surface area (TPSA) is 91.4 Å². The third-order valence-corrected chi connectivity index (χ3v) is 5.38. The second kappa shape index (κ2) is 8.24. The molecular formula is C21H22N2O5S. The predicted octanol–water partition coefficient (Wildman–Crippen LogP) is 3.53. The SMILES string of the molecule is COC(=O)c1ccc2c(=O)n(Cc3ccco3)c(SCC(=O)C(C)(C)C)nc2c1. The summed E-state index contributed by atoms with van der Waals surface area (Å²) in [6.45, 7) is 5.74. The molecule has 0 radical (unpaired) electrons. The van der Waals surface area contributed by atoms with Crippen LogP contribution in [0.4, 0.5) is 0 Å². The summed E-state index contributed by atoms with van der Waals surface area (Å²) in [5.41, 5.74) is -0.0844. The van der Waals surface area contributed by atoms with E-state index in [1.165, 1.54) is 41.8 Å². The van der Waals surface area contributed by atoms with Crippen LogP contribution in [-0.2, 0) is 16.1 Å². The van der Waals surface area contributed by atoms with Gasteiger partial charge in [0.05, 0.1) is 42.1 Å².